The van der Waals surface area contributed by atoms with Crippen LogP contribution in [0.2, 0.25) is 0 Å². The second-order valence-corrected chi connectivity index (χ2v) is 11.4. The van der Waals surface area contributed by atoms with Crippen LogP contribution < -0.4 is 5.32 Å². The molecule has 10 heteroatoms. The van der Waals surface area contributed by atoms with E-state index >= 15 is 0 Å². The molecule has 1 N–H and O–H groups in total. The molecule has 3 amide bonds. The maximum absolute atomic E-state index is 12.7. The lowest BCUT2D eigenvalue weighted by Gasteiger charge is -2.35. The van der Waals surface area contributed by atoms with Crippen molar-refractivity contribution in [2.24, 2.45) is 0 Å². The molecule has 1 heterocycles. The molecule has 0 unspecified atom stereocenters. The molecule has 4 rings (SSSR count). The van der Waals surface area contributed by atoms with E-state index in [9.17, 15) is 19.2 Å². The Morgan fingerprint density at radius 2 is 1.20 bits per heavy atom. The minimum Gasteiger partial charge on any atom is -0.379 e. The molecule has 0 aromatic heterocycles. The van der Waals surface area contributed by atoms with Crippen LogP contribution in [-0.4, -0.2) is 67.5 Å². The summed E-state index contributed by atoms with van der Waals surface area (Å²) in [5.74, 6) is -1.05. The number of rotatable bonds is 18. The van der Waals surface area contributed by atoms with Crippen molar-refractivity contribution >= 4 is 35.5 Å². The van der Waals surface area contributed by atoms with E-state index in [1.165, 1.54) is 0 Å². The molecule has 0 bridgehead atoms. The fourth-order valence-electron chi connectivity index (χ4n) is 4.86. The number of benzene rings is 3. The topological polar surface area (TPSA) is 111 Å². The molecule has 3 aromatic carbocycles. The van der Waals surface area contributed by atoms with Gasteiger partial charge in [-0.3, -0.25) is 14.4 Å². The quantitative estimate of drug-likeness (QED) is 0.125. The summed E-state index contributed by atoms with van der Waals surface area (Å²) < 4.78 is 10.5. The Bertz CT molecular complexity index is 1240. The standard InChI is InChI=1S/C34H38N2O7S/c37-30(35-21-23-42-25-24-41-22-10-17-33(40)43-36-31(38)18-19-32(36)39)20-26-44-34(27-11-4-1-5-12-27,28-13-6-2-7-14-28)29-15-8-3-9-16-29/h1-9,11-16H,10,17-26H2,(H,35,37). The molecule has 0 radical (unpaired) electrons. The minimum absolute atomic E-state index is 0.0331. The SMILES string of the molecule is O=C(CCSC(c1ccccc1)(c1ccccc1)c1ccccc1)NCCOCCOCCCC(=O)ON1C(=O)CCC1=O. The van der Waals surface area contributed by atoms with Gasteiger partial charge in [0.1, 0.15) is 0 Å². The third-order valence-corrected chi connectivity index (χ3v) is 8.55. The number of hydrogen-bond donors (Lipinski definition) is 1. The molecule has 0 atom stereocenters. The number of carbonyl (C=O) groups is 4. The van der Waals surface area contributed by atoms with Crippen LogP contribution in [0.4, 0.5) is 0 Å². The number of amides is 3. The van der Waals surface area contributed by atoms with Gasteiger partial charge >= 0.3 is 5.97 Å². The Kier molecular flexibility index (Phi) is 13.0. The molecule has 0 spiro atoms. The highest BCUT2D eigenvalue weighted by Crippen LogP contribution is 2.48. The first kappa shape index (κ1) is 32.9. The molecule has 44 heavy (non-hydrogen) atoms. The number of thioether (sulfide) groups is 1. The van der Waals surface area contributed by atoms with E-state index in [0.717, 1.165) is 16.7 Å². The molecule has 1 saturated heterocycles. The van der Waals surface area contributed by atoms with Gasteiger partial charge in [-0.05, 0) is 23.1 Å². The van der Waals surface area contributed by atoms with E-state index in [4.69, 9.17) is 14.3 Å². The molecule has 1 fully saturated rings. The normalized spacial score (nSPS) is 13.2. The van der Waals surface area contributed by atoms with E-state index in [1.54, 1.807) is 11.8 Å². The number of ether oxygens (including phenoxy) is 2. The van der Waals surface area contributed by atoms with Crippen molar-refractivity contribution in [3.63, 3.8) is 0 Å². The highest BCUT2D eigenvalue weighted by Gasteiger charge is 2.37. The molecule has 0 saturated carbocycles. The molecule has 1 aliphatic rings. The number of carbonyl (C=O) groups excluding carboxylic acids is 4. The molecule has 9 nitrogen and oxygen atoms in total. The third kappa shape index (κ3) is 9.25. The highest BCUT2D eigenvalue weighted by molar-refractivity contribution is 8.00. The largest absolute Gasteiger partial charge is 0.379 e. The first-order valence-corrected chi connectivity index (χ1v) is 15.8. The van der Waals surface area contributed by atoms with Gasteiger partial charge in [-0.1, -0.05) is 91.0 Å². The van der Waals surface area contributed by atoms with Gasteiger partial charge in [0.2, 0.25) is 5.91 Å². The summed E-state index contributed by atoms with van der Waals surface area (Å²) in [5.41, 5.74) is 3.48. The number of hydrogen-bond acceptors (Lipinski definition) is 8. The minimum atomic E-state index is -0.645. The van der Waals surface area contributed by atoms with Crippen LogP contribution in [0.1, 0.15) is 48.8 Å². The van der Waals surface area contributed by atoms with Gasteiger partial charge in [0.25, 0.3) is 11.8 Å². The van der Waals surface area contributed by atoms with Crippen LogP contribution >= 0.6 is 11.8 Å². The van der Waals surface area contributed by atoms with Crippen LogP contribution in [-0.2, 0) is 38.2 Å². The maximum Gasteiger partial charge on any atom is 0.333 e. The fraction of sp³-hybridized carbons (Fsp3) is 0.353. The lowest BCUT2D eigenvalue weighted by atomic mass is 9.84. The zero-order valence-corrected chi connectivity index (χ0v) is 25.5. The lowest BCUT2D eigenvalue weighted by Crippen LogP contribution is -2.32. The lowest BCUT2D eigenvalue weighted by molar-refractivity contribution is -0.197. The van der Waals surface area contributed by atoms with Gasteiger partial charge < -0.3 is 19.6 Å². The average Bonchev–Trinajstić information content (AvgIpc) is 3.37. The number of imide groups is 1. The van der Waals surface area contributed by atoms with Crippen molar-refractivity contribution in [2.45, 2.75) is 36.9 Å². The Morgan fingerprint density at radius 1 is 0.705 bits per heavy atom. The predicted molar refractivity (Wildman–Crippen MR) is 167 cm³/mol. The number of nitrogens with one attached hydrogen (secondary N) is 1. The van der Waals surface area contributed by atoms with Crippen LogP contribution in [0.3, 0.4) is 0 Å². The van der Waals surface area contributed by atoms with Crippen molar-refractivity contribution in [3.05, 3.63) is 108 Å². The van der Waals surface area contributed by atoms with Gasteiger partial charge in [0.15, 0.2) is 0 Å². The van der Waals surface area contributed by atoms with Crippen LogP contribution in [0.15, 0.2) is 91.0 Å². The zero-order valence-electron chi connectivity index (χ0n) is 24.7. The van der Waals surface area contributed by atoms with Gasteiger partial charge in [0, 0.05) is 38.2 Å². The Hall–Kier alpha value is -3.99. The van der Waals surface area contributed by atoms with Crippen LogP contribution in [0.5, 0.6) is 0 Å². The van der Waals surface area contributed by atoms with Crippen molar-refractivity contribution in [2.75, 3.05) is 38.7 Å². The van der Waals surface area contributed by atoms with E-state index in [2.05, 4.69) is 78.1 Å². The molecule has 232 valence electrons. The zero-order chi connectivity index (χ0) is 31.0. The summed E-state index contributed by atoms with van der Waals surface area (Å²) in [4.78, 5) is 52.2. The monoisotopic (exact) mass is 618 g/mol. The van der Waals surface area contributed by atoms with E-state index < -0.39 is 22.5 Å². The van der Waals surface area contributed by atoms with Crippen molar-refractivity contribution in [1.29, 1.82) is 0 Å². The van der Waals surface area contributed by atoms with E-state index in [0.29, 0.717) is 56.6 Å². The molecular formula is C34H38N2O7S. The number of nitrogens with zero attached hydrogens (tertiary/aromatic N) is 1. The summed E-state index contributed by atoms with van der Waals surface area (Å²) in [6, 6.07) is 31.2. The first-order valence-electron chi connectivity index (χ1n) is 14.8. The Morgan fingerprint density at radius 3 is 1.73 bits per heavy atom. The van der Waals surface area contributed by atoms with Gasteiger partial charge in [0.05, 0.1) is 31.0 Å². The summed E-state index contributed by atoms with van der Waals surface area (Å²) >= 11 is 1.75. The molecule has 0 aliphatic carbocycles. The average molecular weight is 619 g/mol. The van der Waals surface area contributed by atoms with E-state index in [-0.39, 0.29) is 25.2 Å². The van der Waals surface area contributed by atoms with Gasteiger partial charge in [-0.15, -0.1) is 16.8 Å². The molecular weight excluding hydrogens is 580 g/mol. The van der Waals surface area contributed by atoms with Crippen molar-refractivity contribution in [3.8, 4) is 0 Å². The highest BCUT2D eigenvalue weighted by atomic mass is 32.2. The fourth-order valence-corrected chi connectivity index (χ4v) is 6.36. The van der Waals surface area contributed by atoms with Gasteiger partial charge in [-0.2, -0.15) is 0 Å². The summed E-state index contributed by atoms with van der Waals surface area (Å²) in [5, 5.41) is 3.47. The van der Waals surface area contributed by atoms with E-state index in [1.807, 2.05) is 18.2 Å². The third-order valence-electron chi connectivity index (χ3n) is 7.00. The second kappa shape index (κ2) is 17.3. The summed E-state index contributed by atoms with van der Waals surface area (Å²) in [6.45, 7) is 1.74. The molecule has 3 aromatic rings. The first-order chi connectivity index (χ1) is 21.5. The Labute approximate surface area is 262 Å². The second-order valence-electron chi connectivity index (χ2n) is 10.1. The van der Waals surface area contributed by atoms with Crippen molar-refractivity contribution in [1.82, 2.24) is 10.4 Å². The number of hydroxylamine groups is 2. The van der Waals surface area contributed by atoms with Crippen LogP contribution in [0, 0.1) is 0 Å². The summed E-state index contributed by atoms with van der Waals surface area (Å²) in [6.07, 6.45) is 0.924. The molecule has 1 aliphatic heterocycles. The smallest absolute Gasteiger partial charge is 0.333 e. The predicted octanol–water partition coefficient (Wildman–Crippen LogP) is 4.64. The maximum atomic E-state index is 12.7. The van der Waals surface area contributed by atoms with Gasteiger partial charge in [-0.25, -0.2) is 4.79 Å². The van der Waals surface area contributed by atoms with Crippen LogP contribution in [0.25, 0.3) is 0 Å². The summed E-state index contributed by atoms with van der Waals surface area (Å²) in [7, 11) is 0. The Balaban J connectivity index is 1.13. The van der Waals surface area contributed by atoms with Crippen molar-refractivity contribution < 1.29 is 33.5 Å².